The zero-order valence-corrected chi connectivity index (χ0v) is 15.5. The zero-order chi connectivity index (χ0) is 19.2. The van der Waals surface area contributed by atoms with E-state index in [1.165, 1.54) is 18.2 Å². The summed E-state index contributed by atoms with van der Waals surface area (Å²) in [4.78, 5) is 16.2. The SMILES string of the molecule is Cl.Cn1cc([C@H]2CNC[C@@H]2C(=O)Nc2ccc3oc(C(F)(F)F)nc3c2)cn1. The predicted octanol–water partition coefficient (Wildman–Crippen LogP) is 2.94. The summed E-state index contributed by atoms with van der Waals surface area (Å²) in [5, 5.41) is 10.1. The number of hydrogen-bond donors (Lipinski definition) is 2. The highest BCUT2D eigenvalue weighted by atomic mass is 35.5. The monoisotopic (exact) mass is 415 g/mol. The molecule has 11 heteroatoms. The molecule has 0 radical (unpaired) electrons. The van der Waals surface area contributed by atoms with Crippen LogP contribution in [-0.2, 0) is 18.0 Å². The van der Waals surface area contributed by atoms with Crippen molar-refractivity contribution in [2.75, 3.05) is 18.4 Å². The summed E-state index contributed by atoms with van der Waals surface area (Å²) in [7, 11) is 1.81. The summed E-state index contributed by atoms with van der Waals surface area (Å²) < 4.78 is 44.5. The average Bonchev–Trinajstić information content (AvgIpc) is 3.31. The fourth-order valence-electron chi connectivity index (χ4n) is 3.30. The molecule has 0 spiro atoms. The van der Waals surface area contributed by atoms with E-state index >= 15 is 0 Å². The number of aryl methyl sites for hydroxylation is 1. The first-order valence-corrected chi connectivity index (χ1v) is 8.29. The number of anilines is 1. The number of rotatable bonds is 3. The number of oxazole rings is 1. The molecular formula is C17H17ClF3N5O2. The summed E-state index contributed by atoms with van der Waals surface area (Å²) in [5.74, 6) is -1.86. The standard InChI is InChI=1S/C17H16F3N5O2.ClH/c1-25-8-9(5-22-25)11-6-21-7-12(11)15(26)23-10-2-3-14-13(4-10)24-16(27-14)17(18,19)20;/h2-5,8,11-12,21H,6-7H2,1H3,(H,23,26);1H/t11-,12+;/m1./s1. The Morgan fingerprint density at radius 2 is 2.14 bits per heavy atom. The topological polar surface area (TPSA) is 85.0 Å². The van der Waals surface area contributed by atoms with Crippen LogP contribution in [-0.4, -0.2) is 33.8 Å². The molecule has 0 saturated carbocycles. The van der Waals surface area contributed by atoms with Gasteiger partial charge in [0.25, 0.3) is 0 Å². The van der Waals surface area contributed by atoms with Crippen LogP contribution in [0.4, 0.5) is 18.9 Å². The smallest absolute Gasteiger partial charge is 0.433 e. The highest BCUT2D eigenvalue weighted by Gasteiger charge is 2.38. The first-order valence-electron chi connectivity index (χ1n) is 8.29. The molecule has 2 atom stereocenters. The Labute approximate surface area is 163 Å². The third-order valence-corrected chi connectivity index (χ3v) is 4.60. The number of amides is 1. The maximum absolute atomic E-state index is 12.7. The molecule has 2 aromatic heterocycles. The Morgan fingerprint density at radius 3 is 2.82 bits per heavy atom. The number of nitrogens with one attached hydrogen (secondary N) is 2. The van der Waals surface area contributed by atoms with Crippen LogP contribution in [0.5, 0.6) is 0 Å². The normalized spacial score (nSPS) is 19.6. The molecule has 1 aromatic carbocycles. The second kappa shape index (κ2) is 7.44. The molecule has 3 aromatic rings. The van der Waals surface area contributed by atoms with Crippen molar-refractivity contribution in [3.63, 3.8) is 0 Å². The van der Waals surface area contributed by atoms with Crippen LogP contribution in [0.3, 0.4) is 0 Å². The van der Waals surface area contributed by atoms with E-state index in [0.717, 1.165) is 5.56 Å². The van der Waals surface area contributed by atoms with Gasteiger partial charge >= 0.3 is 12.1 Å². The molecule has 0 bridgehead atoms. The van der Waals surface area contributed by atoms with E-state index in [1.54, 1.807) is 10.9 Å². The van der Waals surface area contributed by atoms with Crippen molar-refractivity contribution < 1.29 is 22.4 Å². The van der Waals surface area contributed by atoms with Crippen LogP contribution in [0, 0.1) is 5.92 Å². The molecule has 3 heterocycles. The third-order valence-electron chi connectivity index (χ3n) is 4.60. The van der Waals surface area contributed by atoms with Crippen molar-refractivity contribution >= 4 is 35.1 Å². The lowest BCUT2D eigenvalue weighted by molar-refractivity contribution is -0.156. The summed E-state index contributed by atoms with van der Waals surface area (Å²) in [6, 6.07) is 4.22. The van der Waals surface area contributed by atoms with Crippen molar-refractivity contribution in [3.8, 4) is 0 Å². The van der Waals surface area contributed by atoms with Crippen LogP contribution < -0.4 is 10.6 Å². The number of carbonyl (C=O) groups is 1. The molecule has 150 valence electrons. The maximum Gasteiger partial charge on any atom is 0.468 e. The number of aromatic nitrogens is 3. The van der Waals surface area contributed by atoms with Gasteiger partial charge in [-0.2, -0.15) is 18.3 Å². The zero-order valence-electron chi connectivity index (χ0n) is 14.7. The van der Waals surface area contributed by atoms with E-state index in [9.17, 15) is 18.0 Å². The molecule has 0 unspecified atom stereocenters. The predicted molar refractivity (Wildman–Crippen MR) is 97.2 cm³/mol. The molecule has 1 fully saturated rings. The lowest BCUT2D eigenvalue weighted by Crippen LogP contribution is -2.28. The first kappa shape index (κ1) is 20.2. The van der Waals surface area contributed by atoms with Crippen molar-refractivity contribution in [2.24, 2.45) is 13.0 Å². The molecule has 7 nitrogen and oxygen atoms in total. The molecule has 1 amide bonds. The Hall–Kier alpha value is -2.59. The largest absolute Gasteiger partial charge is 0.468 e. The maximum atomic E-state index is 12.7. The quantitative estimate of drug-likeness (QED) is 0.687. The number of fused-ring (bicyclic) bond motifs is 1. The first-order chi connectivity index (χ1) is 12.8. The highest BCUT2D eigenvalue weighted by molar-refractivity contribution is 5.95. The number of hydrogen-bond acceptors (Lipinski definition) is 5. The van der Waals surface area contributed by atoms with Gasteiger partial charge in [-0.1, -0.05) is 0 Å². The summed E-state index contributed by atoms with van der Waals surface area (Å²) in [6.07, 6.45) is -1.05. The van der Waals surface area contributed by atoms with Crippen molar-refractivity contribution in [3.05, 3.63) is 42.0 Å². The van der Waals surface area contributed by atoms with Crippen LogP contribution in [0.15, 0.2) is 35.0 Å². The highest BCUT2D eigenvalue weighted by Crippen LogP contribution is 2.32. The number of benzene rings is 1. The van der Waals surface area contributed by atoms with Crippen molar-refractivity contribution in [2.45, 2.75) is 12.1 Å². The second-order valence-corrected chi connectivity index (χ2v) is 6.51. The molecule has 0 aliphatic carbocycles. The summed E-state index contributed by atoms with van der Waals surface area (Å²) in [6.45, 7) is 1.16. The number of halogens is 4. The Kier molecular flexibility index (Phi) is 5.35. The van der Waals surface area contributed by atoms with Gasteiger partial charge in [-0.25, -0.2) is 4.98 Å². The van der Waals surface area contributed by atoms with Crippen LogP contribution in [0.1, 0.15) is 17.4 Å². The second-order valence-electron chi connectivity index (χ2n) is 6.51. The van der Waals surface area contributed by atoms with Gasteiger partial charge in [-0.15, -0.1) is 12.4 Å². The van der Waals surface area contributed by atoms with E-state index < -0.39 is 12.1 Å². The minimum atomic E-state index is -4.66. The molecule has 2 N–H and O–H groups in total. The molecular weight excluding hydrogens is 399 g/mol. The summed E-state index contributed by atoms with van der Waals surface area (Å²) >= 11 is 0. The van der Waals surface area contributed by atoms with Gasteiger partial charge in [-0.3, -0.25) is 9.48 Å². The lowest BCUT2D eigenvalue weighted by Gasteiger charge is -2.17. The van der Waals surface area contributed by atoms with Gasteiger partial charge in [0.2, 0.25) is 5.91 Å². The van der Waals surface area contributed by atoms with Crippen molar-refractivity contribution in [1.29, 1.82) is 0 Å². The number of nitrogens with zero attached hydrogens (tertiary/aromatic N) is 3. The van der Waals surface area contributed by atoms with Gasteiger partial charge in [-0.05, 0) is 23.8 Å². The molecule has 28 heavy (non-hydrogen) atoms. The van der Waals surface area contributed by atoms with E-state index in [4.69, 9.17) is 4.42 Å². The van der Waals surface area contributed by atoms with Crippen molar-refractivity contribution in [1.82, 2.24) is 20.1 Å². The van der Waals surface area contributed by atoms with E-state index in [1.807, 2.05) is 13.2 Å². The Bertz CT molecular complexity index is 1000. The molecule has 1 saturated heterocycles. The number of alkyl halides is 3. The van der Waals surface area contributed by atoms with Gasteiger partial charge in [0.15, 0.2) is 5.58 Å². The fraction of sp³-hybridized carbons (Fsp3) is 0.353. The third kappa shape index (κ3) is 3.83. The van der Waals surface area contributed by atoms with E-state index in [2.05, 4.69) is 20.7 Å². The van der Waals surface area contributed by atoms with Gasteiger partial charge in [0.1, 0.15) is 5.52 Å². The minimum absolute atomic E-state index is 0. The Morgan fingerprint density at radius 1 is 1.36 bits per heavy atom. The van der Waals surface area contributed by atoms with Crippen LogP contribution >= 0.6 is 12.4 Å². The molecule has 1 aliphatic heterocycles. The van der Waals surface area contributed by atoms with E-state index in [-0.39, 0.29) is 41.2 Å². The Balaban J connectivity index is 0.00000225. The van der Waals surface area contributed by atoms with Gasteiger partial charge in [0, 0.05) is 37.9 Å². The van der Waals surface area contributed by atoms with Gasteiger partial charge in [0.05, 0.1) is 12.1 Å². The minimum Gasteiger partial charge on any atom is -0.433 e. The average molecular weight is 416 g/mol. The van der Waals surface area contributed by atoms with Crippen LogP contribution in [0.25, 0.3) is 11.1 Å². The summed E-state index contributed by atoms with van der Waals surface area (Å²) in [5.41, 5.74) is 1.38. The number of carbonyl (C=O) groups excluding carboxylic acids is 1. The fourth-order valence-corrected chi connectivity index (χ4v) is 3.30. The molecule has 1 aliphatic rings. The van der Waals surface area contributed by atoms with E-state index in [0.29, 0.717) is 18.8 Å². The van der Waals surface area contributed by atoms with Crippen LogP contribution in [0.2, 0.25) is 0 Å². The lowest BCUT2D eigenvalue weighted by atomic mass is 9.90. The van der Waals surface area contributed by atoms with Gasteiger partial charge < -0.3 is 15.1 Å². The molecule has 4 rings (SSSR count).